The van der Waals surface area contributed by atoms with Crippen molar-refractivity contribution in [2.75, 3.05) is 27.4 Å². The molecule has 0 aliphatic rings. The minimum atomic E-state index is -3.37. The summed E-state index contributed by atoms with van der Waals surface area (Å²) in [4.78, 5) is 14.2. The molecule has 0 aromatic heterocycles. The van der Waals surface area contributed by atoms with Crippen molar-refractivity contribution >= 4 is 25.1 Å². The number of hydrogen-bond acceptors (Lipinski definition) is 7. The molecule has 0 unspecified atom stereocenters. The standard InChI is InChI=1S/C27H31O6PS/c1-5-32-34(29,33-6-2)18-22-16-26(35-19-20-12-14-23(30-3)15-13-20)24(17-25(22)31-4)27(28)21-10-8-7-9-11-21/h7-17H,5-6,18-19H2,1-4H3. The zero-order valence-corrected chi connectivity index (χ0v) is 22.2. The van der Waals surface area contributed by atoms with Gasteiger partial charge >= 0.3 is 7.60 Å². The van der Waals surface area contributed by atoms with E-state index in [9.17, 15) is 9.36 Å². The molecule has 0 aliphatic carbocycles. The lowest BCUT2D eigenvalue weighted by Crippen LogP contribution is -2.07. The fraction of sp³-hybridized carbons (Fsp3) is 0.296. The molecule has 0 atom stereocenters. The molecule has 0 heterocycles. The SMILES string of the molecule is CCOP(=O)(Cc1cc(SCc2ccc(OC)cc2)c(C(=O)c2ccccc2)cc1OC)OCC. The van der Waals surface area contributed by atoms with Gasteiger partial charge in [0.25, 0.3) is 0 Å². The second-order valence-corrected chi connectivity index (χ2v) is 10.7. The maximum Gasteiger partial charge on any atom is 0.335 e. The van der Waals surface area contributed by atoms with E-state index in [2.05, 4.69) is 0 Å². The van der Waals surface area contributed by atoms with Crippen molar-refractivity contribution < 1.29 is 27.9 Å². The average Bonchev–Trinajstić information content (AvgIpc) is 2.88. The van der Waals surface area contributed by atoms with E-state index in [1.54, 1.807) is 39.2 Å². The highest BCUT2D eigenvalue weighted by atomic mass is 32.2. The number of thioether (sulfide) groups is 1. The predicted octanol–water partition coefficient (Wildman–Crippen LogP) is 6.99. The Balaban J connectivity index is 2.02. The van der Waals surface area contributed by atoms with Gasteiger partial charge in [0, 0.05) is 27.3 Å². The van der Waals surface area contributed by atoms with E-state index in [1.165, 1.54) is 18.9 Å². The van der Waals surface area contributed by atoms with Crippen LogP contribution < -0.4 is 9.47 Å². The van der Waals surface area contributed by atoms with Gasteiger partial charge in [0.2, 0.25) is 0 Å². The summed E-state index contributed by atoms with van der Waals surface area (Å²) in [6.45, 7) is 4.09. The third kappa shape index (κ3) is 7.21. The van der Waals surface area contributed by atoms with Crippen LogP contribution in [0.2, 0.25) is 0 Å². The number of ketones is 1. The molecule has 3 aromatic rings. The van der Waals surface area contributed by atoms with Gasteiger partial charge in [0.15, 0.2) is 5.78 Å². The van der Waals surface area contributed by atoms with Crippen LogP contribution >= 0.6 is 19.4 Å². The Morgan fingerprint density at radius 1 is 0.886 bits per heavy atom. The highest BCUT2D eigenvalue weighted by molar-refractivity contribution is 7.98. The number of benzene rings is 3. The number of rotatable bonds is 13. The summed E-state index contributed by atoms with van der Waals surface area (Å²) in [6.07, 6.45) is 0.0494. The first-order valence-corrected chi connectivity index (χ1v) is 14.1. The number of ether oxygens (including phenoxy) is 2. The molecule has 0 aliphatic heterocycles. The summed E-state index contributed by atoms with van der Waals surface area (Å²) >= 11 is 1.53. The van der Waals surface area contributed by atoms with E-state index in [0.717, 1.165) is 16.2 Å². The first-order valence-electron chi connectivity index (χ1n) is 11.4. The van der Waals surface area contributed by atoms with Crippen molar-refractivity contribution in [3.05, 3.63) is 89.0 Å². The number of hydrogen-bond donors (Lipinski definition) is 0. The summed E-state index contributed by atoms with van der Waals surface area (Å²) in [5.74, 6) is 1.79. The Bertz CT molecular complexity index is 1150. The molecule has 0 radical (unpaired) electrons. The molecule has 0 N–H and O–H groups in total. The fourth-order valence-corrected chi connectivity index (χ4v) is 6.33. The van der Waals surface area contributed by atoms with E-state index in [-0.39, 0.29) is 25.2 Å². The Hall–Kier alpha value is -2.57. The molecule has 0 spiro atoms. The van der Waals surface area contributed by atoms with Crippen molar-refractivity contribution in [2.45, 2.75) is 30.7 Å². The highest BCUT2D eigenvalue weighted by Crippen LogP contribution is 2.53. The Labute approximate surface area is 211 Å². The normalized spacial score (nSPS) is 11.3. The second-order valence-electron chi connectivity index (χ2n) is 7.60. The Morgan fingerprint density at radius 2 is 1.54 bits per heavy atom. The van der Waals surface area contributed by atoms with Gasteiger partial charge in [0.1, 0.15) is 11.5 Å². The van der Waals surface area contributed by atoms with Crippen molar-refractivity contribution in [3.63, 3.8) is 0 Å². The smallest absolute Gasteiger partial charge is 0.335 e. The summed E-state index contributed by atoms with van der Waals surface area (Å²) in [7, 11) is -0.206. The van der Waals surface area contributed by atoms with Crippen LogP contribution in [0.3, 0.4) is 0 Å². The Morgan fingerprint density at radius 3 is 2.11 bits per heavy atom. The number of carbonyl (C=O) groups excluding carboxylic acids is 1. The lowest BCUT2D eigenvalue weighted by molar-refractivity contribution is 0.103. The number of methoxy groups -OCH3 is 2. The third-order valence-corrected chi connectivity index (χ3v) is 8.39. The molecule has 6 nitrogen and oxygen atoms in total. The van der Waals surface area contributed by atoms with Crippen LogP contribution in [0.5, 0.6) is 11.5 Å². The molecule has 0 saturated heterocycles. The van der Waals surface area contributed by atoms with Gasteiger partial charge < -0.3 is 18.5 Å². The van der Waals surface area contributed by atoms with E-state index < -0.39 is 7.60 Å². The topological polar surface area (TPSA) is 71.1 Å². The predicted molar refractivity (Wildman–Crippen MR) is 140 cm³/mol. The molecule has 35 heavy (non-hydrogen) atoms. The van der Waals surface area contributed by atoms with Gasteiger partial charge in [-0.15, -0.1) is 11.8 Å². The van der Waals surface area contributed by atoms with Crippen molar-refractivity contribution in [2.24, 2.45) is 0 Å². The van der Waals surface area contributed by atoms with Gasteiger partial charge in [-0.2, -0.15) is 0 Å². The molecule has 0 amide bonds. The molecule has 8 heteroatoms. The summed E-state index contributed by atoms with van der Waals surface area (Å²) < 4.78 is 35.1. The largest absolute Gasteiger partial charge is 0.497 e. The van der Waals surface area contributed by atoms with E-state index in [4.69, 9.17) is 18.5 Å². The van der Waals surface area contributed by atoms with Crippen LogP contribution in [-0.2, 0) is 25.5 Å². The second kappa shape index (κ2) is 12.9. The van der Waals surface area contributed by atoms with Crippen LogP contribution in [0.15, 0.2) is 71.6 Å². The molecule has 3 rings (SSSR count). The Kier molecular flexibility index (Phi) is 9.99. The summed E-state index contributed by atoms with van der Waals surface area (Å²) in [5.41, 5.74) is 2.86. The van der Waals surface area contributed by atoms with E-state index in [1.807, 2.05) is 48.5 Å². The molecular weight excluding hydrogens is 483 g/mol. The monoisotopic (exact) mass is 514 g/mol. The molecule has 0 fully saturated rings. The van der Waals surface area contributed by atoms with Gasteiger partial charge in [-0.05, 0) is 43.7 Å². The maximum absolute atomic E-state index is 13.4. The van der Waals surface area contributed by atoms with Crippen molar-refractivity contribution in [3.8, 4) is 11.5 Å². The molecule has 186 valence electrons. The van der Waals surface area contributed by atoms with Crippen LogP contribution in [-0.4, -0.2) is 33.2 Å². The van der Waals surface area contributed by atoms with Crippen molar-refractivity contribution in [1.29, 1.82) is 0 Å². The summed E-state index contributed by atoms with van der Waals surface area (Å²) in [6, 6.07) is 20.5. The van der Waals surface area contributed by atoms with Crippen LogP contribution in [0, 0.1) is 0 Å². The van der Waals surface area contributed by atoms with Gasteiger partial charge in [-0.1, -0.05) is 42.5 Å². The minimum Gasteiger partial charge on any atom is -0.497 e. The van der Waals surface area contributed by atoms with E-state index in [0.29, 0.717) is 28.2 Å². The van der Waals surface area contributed by atoms with Gasteiger partial charge in [-0.3, -0.25) is 9.36 Å². The zero-order chi connectivity index (χ0) is 25.3. The average molecular weight is 515 g/mol. The van der Waals surface area contributed by atoms with Gasteiger partial charge in [-0.25, -0.2) is 0 Å². The fourth-order valence-electron chi connectivity index (χ4n) is 3.57. The molecule has 0 saturated carbocycles. The minimum absolute atomic E-state index is 0.0494. The molecule has 0 bridgehead atoms. The quantitative estimate of drug-likeness (QED) is 0.138. The van der Waals surface area contributed by atoms with E-state index >= 15 is 0 Å². The van der Waals surface area contributed by atoms with Crippen LogP contribution in [0.1, 0.15) is 40.9 Å². The lowest BCUT2D eigenvalue weighted by Gasteiger charge is -2.20. The molecular formula is C27H31O6PS. The van der Waals surface area contributed by atoms with Gasteiger partial charge in [0.05, 0.1) is 33.6 Å². The summed E-state index contributed by atoms with van der Waals surface area (Å²) in [5, 5.41) is 0. The lowest BCUT2D eigenvalue weighted by atomic mass is 10.0. The zero-order valence-electron chi connectivity index (χ0n) is 20.5. The van der Waals surface area contributed by atoms with Crippen LogP contribution in [0.4, 0.5) is 0 Å². The maximum atomic E-state index is 13.4. The number of carbonyl (C=O) groups is 1. The van der Waals surface area contributed by atoms with Crippen molar-refractivity contribution in [1.82, 2.24) is 0 Å². The third-order valence-electron chi connectivity index (χ3n) is 5.23. The van der Waals surface area contributed by atoms with Crippen LogP contribution in [0.25, 0.3) is 0 Å². The first kappa shape index (κ1) is 27.0. The molecule has 3 aromatic carbocycles. The highest BCUT2D eigenvalue weighted by Gasteiger charge is 2.28. The first-order chi connectivity index (χ1) is 16.9.